The van der Waals surface area contributed by atoms with Crippen molar-refractivity contribution < 1.29 is 14.6 Å². The van der Waals surface area contributed by atoms with Crippen molar-refractivity contribution in [2.45, 2.75) is 13.0 Å². The average Bonchev–Trinajstić information content (AvgIpc) is 2.28. The number of hydrogen-bond donors (Lipinski definition) is 2. The summed E-state index contributed by atoms with van der Waals surface area (Å²) in [7, 11) is 1.55. The van der Waals surface area contributed by atoms with Gasteiger partial charge in [0.25, 0.3) is 0 Å². The standard InChI is InChI=1S/C11H17NO3/c1-3-15-10-6-4-5-8(9(13)7-12)11(10)14-2/h4-6,9,13H,3,7,12H2,1-2H3/t9-/m0/s1. The Labute approximate surface area is 89.6 Å². The molecular formula is C11H17NO3. The molecular weight excluding hydrogens is 194 g/mol. The second kappa shape index (κ2) is 5.58. The molecule has 0 unspecified atom stereocenters. The van der Waals surface area contributed by atoms with Crippen LogP contribution in [0.4, 0.5) is 0 Å². The molecule has 0 heterocycles. The van der Waals surface area contributed by atoms with Gasteiger partial charge in [-0.1, -0.05) is 12.1 Å². The Bertz CT molecular complexity index is 315. The lowest BCUT2D eigenvalue weighted by molar-refractivity contribution is 0.180. The van der Waals surface area contributed by atoms with Gasteiger partial charge in [-0.05, 0) is 13.0 Å². The van der Waals surface area contributed by atoms with Crippen molar-refractivity contribution in [2.75, 3.05) is 20.3 Å². The molecule has 0 radical (unpaired) electrons. The molecule has 0 bridgehead atoms. The molecule has 4 nitrogen and oxygen atoms in total. The van der Waals surface area contributed by atoms with Crippen molar-refractivity contribution in [3.8, 4) is 11.5 Å². The first kappa shape index (κ1) is 11.8. The molecule has 1 aromatic rings. The molecule has 4 heteroatoms. The minimum Gasteiger partial charge on any atom is -0.492 e. The molecule has 1 aromatic carbocycles. The van der Waals surface area contributed by atoms with Gasteiger partial charge in [0.05, 0.1) is 19.8 Å². The maximum atomic E-state index is 9.67. The van der Waals surface area contributed by atoms with Gasteiger partial charge >= 0.3 is 0 Å². The lowest BCUT2D eigenvalue weighted by Gasteiger charge is -2.16. The zero-order valence-corrected chi connectivity index (χ0v) is 9.06. The van der Waals surface area contributed by atoms with Gasteiger partial charge in [-0.25, -0.2) is 0 Å². The zero-order valence-electron chi connectivity index (χ0n) is 9.06. The van der Waals surface area contributed by atoms with Crippen LogP contribution >= 0.6 is 0 Å². The Hall–Kier alpha value is -1.26. The number of nitrogens with two attached hydrogens (primary N) is 1. The summed E-state index contributed by atoms with van der Waals surface area (Å²) in [6, 6.07) is 5.38. The Morgan fingerprint density at radius 1 is 1.47 bits per heavy atom. The molecule has 0 aliphatic rings. The molecule has 1 rings (SSSR count). The van der Waals surface area contributed by atoms with Crippen molar-refractivity contribution in [3.63, 3.8) is 0 Å². The van der Waals surface area contributed by atoms with Crippen LogP contribution in [0.25, 0.3) is 0 Å². The Morgan fingerprint density at radius 3 is 2.73 bits per heavy atom. The number of para-hydroxylation sites is 1. The second-order valence-corrected chi connectivity index (χ2v) is 3.06. The van der Waals surface area contributed by atoms with E-state index in [2.05, 4.69) is 0 Å². The third kappa shape index (κ3) is 2.61. The fraction of sp³-hybridized carbons (Fsp3) is 0.455. The zero-order chi connectivity index (χ0) is 11.3. The van der Waals surface area contributed by atoms with Crippen molar-refractivity contribution in [1.29, 1.82) is 0 Å². The molecule has 0 amide bonds. The van der Waals surface area contributed by atoms with Gasteiger partial charge in [0.2, 0.25) is 0 Å². The highest BCUT2D eigenvalue weighted by Gasteiger charge is 2.15. The molecule has 0 fully saturated rings. The van der Waals surface area contributed by atoms with Crippen LogP contribution < -0.4 is 15.2 Å². The predicted octanol–water partition coefficient (Wildman–Crippen LogP) is 1.09. The number of hydrogen-bond acceptors (Lipinski definition) is 4. The first-order valence-corrected chi connectivity index (χ1v) is 4.92. The summed E-state index contributed by atoms with van der Waals surface area (Å²) < 4.78 is 10.6. The molecule has 0 saturated heterocycles. The number of benzene rings is 1. The molecule has 3 N–H and O–H groups in total. The van der Waals surface area contributed by atoms with Crippen LogP contribution in [0.3, 0.4) is 0 Å². The normalized spacial score (nSPS) is 12.3. The number of rotatable bonds is 5. The van der Waals surface area contributed by atoms with E-state index < -0.39 is 6.10 Å². The molecule has 0 aliphatic heterocycles. The minimum absolute atomic E-state index is 0.159. The molecule has 84 valence electrons. The fourth-order valence-electron chi connectivity index (χ4n) is 1.41. The molecule has 0 aliphatic carbocycles. The van der Waals surface area contributed by atoms with Crippen molar-refractivity contribution in [1.82, 2.24) is 0 Å². The van der Waals surface area contributed by atoms with Crippen molar-refractivity contribution in [2.24, 2.45) is 5.73 Å². The maximum Gasteiger partial charge on any atom is 0.166 e. The van der Waals surface area contributed by atoms with Crippen LogP contribution in [0, 0.1) is 0 Å². The van der Waals surface area contributed by atoms with E-state index in [1.807, 2.05) is 13.0 Å². The SMILES string of the molecule is CCOc1cccc([C@@H](O)CN)c1OC. The average molecular weight is 211 g/mol. The molecule has 0 saturated carbocycles. The lowest BCUT2D eigenvalue weighted by atomic mass is 10.1. The first-order valence-electron chi connectivity index (χ1n) is 4.92. The van der Waals surface area contributed by atoms with Crippen LogP contribution in [0.1, 0.15) is 18.6 Å². The maximum absolute atomic E-state index is 9.67. The van der Waals surface area contributed by atoms with Crippen LogP contribution in [0.15, 0.2) is 18.2 Å². The van der Waals surface area contributed by atoms with Gasteiger partial charge in [-0.15, -0.1) is 0 Å². The van der Waals surface area contributed by atoms with Gasteiger partial charge in [-0.3, -0.25) is 0 Å². The van der Waals surface area contributed by atoms with Gasteiger partial charge < -0.3 is 20.3 Å². The van der Waals surface area contributed by atoms with Crippen LogP contribution in [0.5, 0.6) is 11.5 Å². The molecule has 15 heavy (non-hydrogen) atoms. The van der Waals surface area contributed by atoms with E-state index in [1.165, 1.54) is 0 Å². The molecule has 0 aromatic heterocycles. The minimum atomic E-state index is -0.722. The van der Waals surface area contributed by atoms with Crippen molar-refractivity contribution >= 4 is 0 Å². The van der Waals surface area contributed by atoms with Crippen LogP contribution in [-0.4, -0.2) is 25.4 Å². The highest BCUT2D eigenvalue weighted by Crippen LogP contribution is 2.34. The summed E-state index contributed by atoms with van der Waals surface area (Å²) in [5.74, 6) is 1.18. The van der Waals surface area contributed by atoms with Gasteiger partial charge in [-0.2, -0.15) is 0 Å². The summed E-state index contributed by atoms with van der Waals surface area (Å²) in [4.78, 5) is 0. The fourth-order valence-corrected chi connectivity index (χ4v) is 1.41. The number of aliphatic hydroxyl groups is 1. The van der Waals surface area contributed by atoms with Gasteiger partial charge in [0.15, 0.2) is 11.5 Å². The summed E-state index contributed by atoms with van der Waals surface area (Å²) in [5, 5.41) is 9.67. The smallest absolute Gasteiger partial charge is 0.166 e. The van der Waals surface area contributed by atoms with E-state index in [1.54, 1.807) is 19.2 Å². The van der Waals surface area contributed by atoms with E-state index >= 15 is 0 Å². The van der Waals surface area contributed by atoms with Gasteiger partial charge in [0, 0.05) is 12.1 Å². The van der Waals surface area contributed by atoms with E-state index in [4.69, 9.17) is 15.2 Å². The largest absolute Gasteiger partial charge is 0.492 e. The molecule has 0 spiro atoms. The number of methoxy groups -OCH3 is 1. The quantitative estimate of drug-likeness (QED) is 0.765. The number of ether oxygens (including phenoxy) is 2. The first-order chi connectivity index (χ1) is 7.24. The summed E-state index contributed by atoms with van der Waals surface area (Å²) >= 11 is 0. The Morgan fingerprint density at radius 2 is 2.20 bits per heavy atom. The van der Waals surface area contributed by atoms with Crippen molar-refractivity contribution in [3.05, 3.63) is 23.8 Å². The predicted molar refractivity (Wildman–Crippen MR) is 58.2 cm³/mol. The summed E-state index contributed by atoms with van der Waals surface area (Å²) in [5.41, 5.74) is 6.06. The molecule has 1 atom stereocenters. The van der Waals surface area contributed by atoms with Gasteiger partial charge in [0.1, 0.15) is 0 Å². The monoisotopic (exact) mass is 211 g/mol. The topological polar surface area (TPSA) is 64.7 Å². The Balaban J connectivity index is 3.09. The number of aliphatic hydroxyl groups excluding tert-OH is 1. The third-order valence-electron chi connectivity index (χ3n) is 2.10. The van der Waals surface area contributed by atoms with E-state index in [0.29, 0.717) is 23.7 Å². The summed E-state index contributed by atoms with van der Waals surface area (Å²) in [6.07, 6.45) is -0.722. The van der Waals surface area contributed by atoms with E-state index in [9.17, 15) is 5.11 Å². The highest BCUT2D eigenvalue weighted by atomic mass is 16.5. The summed E-state index contributed by atoms with van der Waals surface area (Å²) in [6.45, 7) is 2.61. The van der Waals surface area contributed by atoms with Crippen LogP contribution in [-0.2, 0) is 0 Å². The Kier molecular flexibility index (Phi) is 4.39. The van der Waals surface area contributed by atoms with Crippen LogP contribution in [0.2, 0.25) is 0 Å². The van der Waals surface area contributed by atoms with E-state index in [-0.39, 0.29) is 6.54 Å². The second-order valence-electron chi connectivity index (χ2n) is 3.06. The lowest BCUT2D eigenvalue weighted by Crippen LogP contribution is -2.13. The van der Waals surface area contributed by atoms with E-state index in [0.717, 1.165) is 0 Å². The third-order valence-corrected chi connectivity index (χ3v) is 2.10. The highest BCUT2D eigenvalue weighted by molar-refractivity contribution is 5.47.